The Morgan fingerprint density at radius 3 is 2.12 bits per heavy atom. The van der Waals surface area contributed by atoms with Gasteiger partial charge in [0.2, 0.25) is 0 Å². The summed E-state index contributed by atoms with van der Waals surface area (Å²) >= 11 is 0. The van der Waals surface area contributed by atoms with Gasteiger partial charge in [-0.3, -0.25) is 0 Å². The van der Waals surface area contributed by atoms with Gasteiger partial charge in [0.15, 0.2) is 0 Å². The molecule has 1 N–H and O–H groups in total. The molecule has 0 saturated heterocycles. The maximum Gasteiger partial charge on any atom is 0.406 e. The second-order valence-corrected chi connectivity index (χ2v) is 4.02. The molecule has 0 aliphatic heterocycles. The summed E-state index contributed by atoms with van der Waals surface area (Å²) in [6, 6.07) is 8.71. The average molecular weight is 231 g/mol. The molecule has 0 saturated carbocycles. The van der Waals surface area contributed by atoms with Gasteiger partial charge in [-0.05, 0) is 25.5 Å². The molecule has 0 fully saturated rings. The van der Waals surface area contributed by atoms with Crippen LogP contribution in [0, 0.1) is 0 Å². The first-order valence-electron chi connectivity index (χ1n) is 5.25. The van der Waals surface area contributed by atoms with E-state index in [9.17, 15) is 13.2 Å². The van der Waals surface area contributed by atoms with Crippen molar-refractivity contribution in [3.63, 3.8) is 0 Å². The van der Waals surface area contributed by atoms with Crippen molar-refractivity contribution < 1.29 is 13.2 Å². The molecule has 16 heavy (non-hydrogen) atoms. The molecule has 90 valence electrons. The monoisotopic (exact) mass is 231 g/mol. The van der Waals surface area contributed by atoms with Gasteiger partial charge < -0.3 is 5.32 Å². The summed E-state index contributed by atoms with van der Waals surface area (Å²) in [6.45, 7) is 3.17. The lowest BCUT2D eigenvalue weighted by molar-refractivity contribution is -0.190. The van der Waals surface area contributed by atoms with Crippen molar-refractivity contribution in [2.45, 2.75) is 32.0 Å². The summed E-state index contributed by atoms with van der Waals surface area (Å²) in [4.78, 5) is 0. The molecule has 0 aliphatic carbocycles. The fourth-order valence-corrected chi connectivity index (χ4v) is 1.66. The van der Waals surface area contributed by atoms with E-state index in [1.54, 1.807) is 37.3 Å². The van der Waals surface area contributed by atoms with E-state index in [1.807, 2.05) is 0 Å². The number of hydrogen-bond donors (Lipinski definition) is 1. The Balaban J connectivity index is 2.88. The third-order valence-corrected chi connectivity index (χ3v) is 2.59. The molecule has 0 bridgehead atoms. The van der Waals surface area contributed by atoms with E-state index >= 15 is 0 Å². The van der Waals surface area contributed by atoms with E-state index in [1.165, 1.54) is 6.92 Å². The zero-order valence-corrected chi connectivity index (χ0v) is 9.43. The number of likely N-dealkylation sites (N-methyl/N-ethyl adjacent to an activating group) is 1. The van der Waals surface area contributed by atoms with E-state index in [4.69, 9.17) is 0 Å². The molecule has 0 amide bonds. The van der Waals surface area contributed by atoms with Crippen molar-refractivity contribution in [2.75, 3.05) is 6.54 Å². The standard InChI is InChI=1S/C12H16F3N/c1-3-16-11(2,12(13,14)15)9-10-7-5-4-6-8-10/h4-8,16H,3,9H2,1-2H3. The van der Waals surface area contributed by atoms with Gasteiger partial charge in [0, 0.05) is 0 Å². The largest absolute Gasteiger partial charge is 0.406 e. The van der Waals surface area contributed by atoms with Crippen LogP contribution >= 0.6 is 0 Å². The summed E-state index contributed by atoms with van der Waals surface area (Å²) in [5, 5.41) is 2.52. The van der Waals surface area contributed by atoms with Crippen LogP contribution in [0.2, 0.25) is 0 Å². The predicted octanol–water partition coefficient (Wildman–Crippen LogP) is 3.16. The normalized spacial score (nSPS) is 15.8. The molecule has 1 aromatic rings. The molecule has 1 unspecified atom stereocenters. The molecule has 0 heterocycles. The summed E-state index contributed by atoms with van der Waals surface area (Å²) in [6.07, 6.45) is -4.30. The minimum absolute atomic E-state index is 0.0504. The molecular weight excluding hydrogens is 215 g/mol. The Labute approximate surface area is 93.7 Å². The van der Waals surface area contributed by atoms with Crippen LogP contribution in [0.25, 0.3) is 0 Å². The molecule has 1 aromatic carbocycles. The first-order chi connectivity index (χ1) is 7.39. The molecule has 4 heteroatoms. The lowest BCUT2D eigenvalue weighted by atomic mass is 9.92. The minimum atomic E-state index is -4.25. The highest BCUT2D eigenvalue weighted by Gasteiger charge is 2.50. The third kappa shape index (κ3) is 2.98. The van der Waals surface area contributed by atoms with Crippen LogP contribution < -0.4 is 5.32 Å². The van der Waals surface area contributed by atoms with Crippen molar-refractivity contribution in [3.05, 3.63) is 35.9 Å². The minimum Gasteiger partial charge on any atom is -0.304 e. The van der Waals surface area contributed by atoms with Gasteiger partial charge in [-0.25, -0.2) is 0 Å². The SMILES string of the molecule is CCNC(C)(Cc1ccccc1)C(F)(F)F. The maximum absolute atomic E-state index is 12.9. The van der Waals surface area contributed by atoms with E-state index in [-0.39, 0.29) is 6.42 Å². The van der Waals surface area contributed by atoms with Crippen LogP contribution in [0.1, 0.15) is 19.4 Å². The lowest BCUT2D eigenvalue weighted by Crippen LogP contribution is -2.55. The average Bonchev–Trinajstić information content (AvgIpc) is 2.17. The zero-order chi connectivity index (χ0) is 12.2. The van der Waals surface area contributed by atoms with Crippen LogP contribution in [0.4, 0.5) is 13.2 Å². The van der Waals surface area contributed by atoms with Crippen LogP contribution in [0.3, 0.4) is 0 Å². The topological polar surface area (TPSA) is 12.0 Å². The number of halogens is 3. The highest BCUT2D eigenvalue weighted by molar-refractivity contribution is 5.18. The summed E-state index contributed by atoms with van der Waals surface area (Å²) in [7, 11) is 0. The van der Waals surface area contributed by atoms with E-state index in [0.29, 0.717) is 12.1 Å². The van der Waals surface area contributed by atoms with Crippen molar-refractivity contribution in [1.29, 1.82) is 0 Å². The van der Waals surface area contributed by atoms with Gasteiger partial charge in [-0.2, -0.15) is 13.2 Å². The third-order valence-electron chi connectivity index (χ3n) is 2.59. The fourth-order valence-electron chi connectivity index (χ4n) is 1.66. The molecule has 0 spiro atoms. The smallest absolute Gasteiger partial charge is 0.304 e. The Morgan fingerprint density at radius 1 is 1.12 bits per heavy atom. The predicted molar refractivity (Wildman–Crippen MR) is 58.3 cm³/mol. The van der Waals surface area contributed by atoms with E-state index in [0.717, 1.165) is 0 Å². The quantitative estimate of drug-likeness (QED) is 0.839. The van der Waals surface area contributed by atoms with Gasteiger partial charge >= 0.3 is 6.18 Å². The molecule has 0 aromatic heterocycles. The van der Waals surface area contributed by atoms with Gasteiger partial charge in [-0.15, -0.1) is 0 Å². The van der Waals surface area contributed by atoms with Gasteiger partial charge in [-0.1, -0.05) is 37.3 Å². The van der Waals surface area contributed by atoms with Crippen LogP contribution in [-0.2, 0) is 6.42 Å². The van der Waals surface area contributed by atoms with E-state index < -0.39 is 11.7 Å². The Morgan fingerprint density at radius 2 is 1.69 bits per heavy atom. The van der Waals surface area contributed by atoms with Crippen LogP contribution in [-0.4, -0.2) is 18.3 Å². The van der Waals surface area contributed by atoms with E-state index in [2.05, 4.69) is 5.32 Å². The second-order valence-electron chi connectivity index (χ2n) is 4.02. The molecule has 0 radical (unpaired) electrons. The first-order valence-corrected chi connectivity index (χ1v) is 5.25. The highest BCUT2D eigenvalue weighted by atomic mass is 19.4. The maximum atomic E-state index is 12.9. The lowest BCUT2D eigenvalue weighted by Gasteiger charge is -2.33. The number of hydrogen-bond acceptors (Lipinski definition) is 1. The number of benzene rings is 1. The molecule has 1 rings (SSSR count). The first kappa shape index (κ1) is 13.0. The van der Waals surface area contributed by atoms with Gasteiger partial charge in [0.25, 0.3) is 0 Å². The number of alkyl halides is 3. The second kappa shape index (κ2) is 4.87. The highest BCUT2D eigenvalue weighted by Crippen LogP contribution is 2.32. The molecular formula is C12H16F3N. The van der Waals surface area contributed by atoms with Crippen molar-refractivity contribution in [2.24, 2.45) is 0 Å². The summed E-state index contributed by atoms with van der Waals surface area (Å²) in [5.41, 5.74) is -1.17. The van der Waals surface area contributed by atoms with Crippen molar-refractivity contribution in [1.82, 2.24) is 5.32 Å². The molecule has 1 nitrogen and oxygen atoms in total. The molecule has 0 aliphatic rings. The van der Waals surface area contributed by atoms with Crippen LogP contribution in [0.5, 0.6) is 0 Å². The number of nitrogens with one attached hydrogen (secondary N) is 1. The summed E-state index contributed by atoms with van der Waals surface area (Å²) < 4.78 is 38.7. The van der Waals surface area contributed by atoms with Crippen LogP contribution in [0.15, 0.2) is 30.3 Å². The number of rotatable bonds is 4. The molecule has 1 atom stereocenters. The zero-order valence-electron chi connectivity index (χ0n) is 9.43. The Kier molecular flexibility index (Phi) is 3.97. The van der Waals surface area contributed by atoms with Crippen molar-refractivity contribution >= 4 is 0 Å². The Bertz CT molecular complexity index is 321. The summed E-state index contributed by atoms with van der Waals surface area (Å²) in [5.74, 6) is 0. The fraction of sp³-hybridized carbons (Fsp3) is 0.500. The van der Waals surface area contributed by atoms with Gasteiger partial charge in [0.05, 0.1) is 0 Å². The van der Waals surface area contributed by atoms with Crippen molar-refractivity contribution in [3.8, 4) is 0 Å². The Hall–Kier alpha value is -1.03. The van der Waals surface area contributed by atoms with Gasteiger partial charge in [0.1, 0.15) is 5.54 Å².